The topological polar surface area (TPSA) is 9.86 Å². The summed E-state index contributed by atoms with van der Waals surface area (Å²) in [4.78, 5) is 0. The second-order valence-electron chi connectivity index (χ2n) is 17.6. The van der Waals surface area contributed by atoms with E-state index in [2.05, 4.69) is 162 Å². The first kappa shape index (κ1) is 42.6. The van der Waals surface area contributed by atoms with Crippen LogP contribution in [0.15, 0.2) is 200 Å². The van der Waals surface area contributed by atoms with Crippen LogP contribution in [0.4, 0.5) is 0 Å². The van der Waals surface area contributed by atoms with Crippen LogP contribution in [0.2, 0.25) is 0 Å². The van der Waals surface area contributed by atoms with Crippen LogP contribution in [0.3, 0.4) is 0 Å². The van der Waals surface area contributed by atoms with Gasteiger partial charge in [0.2, 0.25) is 0 Å². The fourth-order valence-corrected chi connectivity index (χ4v) is 10.4. The highest BCUT2D eigenvalue weighted by atomic mass is 15.0. The van der Waals surface area contributed by atoms with Crippen LogP contribution in [0, 0.1) is 0 Å². The van der Waals surface area contributed by atoms with Gasteiger partial charge in [0.05, 0.1) is 11.0 Å². The second kappa shape index (κ2) is 16.8. The van der Waals surface area contributed by atoms with Gasteiger partial charge in [-0.3, -0.25) is 0 Å². The number of rotatable bonds is 7. The molecule has 0 atom stereocenters. The first-order chi connectivity index (χ1) is 33.7. The van der Waals surface area contributed by atoms with Crippen molar-refractivity contribution in [3.8, 4) is 67.0 Å². The van der Waals surface area contributed by atoms with Crippen LogP contribution in [0.25, 0.3) is 111 Å². The van der Waals surface area contributed by atoms with Gasteiger partial charge in [-0.2, -0.15) is 0 Å². The average Bonchev–Trinajstić information content (AvgIpc) is 3.94. The number of hydrogen-bond acceptors (Lipinski definition) is 0. The molecule has 0 N–H and O–H groups in total. The summed E-state index contributed by atoms with van der Waals surface area (Å²) >= 11 is 0. The highest BCUT2D eigenvalue weighted by Gasteiger charge is 2.25. The third kappa shape index (κ3) is 6.81. The fraction of sp³-hybridized carbons (Fsp3) is 0. The summed E-state index contributed by atoms with van der Waals surface area (Å²) in [5, 5.41) is 3.23. The average molecular weight is 858 g/mol. The van der Waals surface area contributed by atoms with Crippen LogP contribution in [0.5, 0.6) is 0 Å². The van der Waals surface area contributed by atoms with Gasteiger partial charge < -0.3 is 9.13 Å². The highest BCUT2D eigenvalue weighted by molar-refractivity contribution is 6.69. The quantitative estimate of drug-likeness (QED) is 0.145. The number of aromatic nitrogens is 2. The molecule has 0 saturated heterocycles. The molecule has 0 saturated carbocycles. The van der Waals surface area contributed by atoms with E-state index in [4.69, 9.17) is 54.9 Å². The summed E-state index contributed by atoms with van der Waals surface area (Å²) in [6, 6.07) is 69.5. The Kier molecular flexibility index (Phi) is 10.4. The Bertz CT molecular complexity index is 3990. The summed E-state index contributed by atoms with van der Waals surface area (Å²) in [6.07, 6.45) is 0. The van der Waals surface area contributed by atoms with Gasteiger partial charge in [-0.15, -0.1) is 10.9 Å². The predicted molar refractivity (Wildman–Crippen MR) is 300 cm³/mol. The molecule has 304 valence electrons. The molecule has 2 nitrogen and oxygen atoms in total. The van der Waals surface area contributed by atoms with Crippen molar-refractivity contribution in [1.82, 2.24) is 9.13 Å². The van der Waals surface area contributed by atoms with Crippen LogP contribution in [-0.4, -0.2) is 64.1 Å². The van der Waals surface area contributed by atoms with Gasteiger partial charge in [-0.05, 0) is 110 Å². The van der Waals surface area contributed by atoms with E-state index in [0.717, 1.165) is 72.1 Å². The number of nitrogens with zero attached hydrogens (tertiary/aromatic N) is 2. The third-order valence-electron chi connectivity index (χ3n) is 13.7. The maximum atomic E-state index is 7.44. The molecule has 14 radical (unpaired) electrons. The molecule has 0 aliphatic carbocycles. The minimum absolute atomic E-state index is 0.172. The number of hydrogen-bond donors (Lipinski definition) is 0. The van der Waals surface area contributed by atoms with E-state index >= 15 is 0 Å². The van der Waals surface area contributed by atoms with Crippen molar-refractivity contribution in [2.45, 2.75) is 0 Å². The molecule has 12 rings (SSSR count). The Hall–Kier alpha value is -7.75. The molecule has 0 amide bonds. The highest BCUT2D eigenvalue weighted by Crippen LogP contribution is 2.41. The van der Waals surface area contributed by atoms with Crippen molar-refractivity contribution in [2.24, 2.45) is 0 Å². The molecule has 0 spiro atoms. The van der Waals surface area contributed by atoms with Crippen molar-refractivity contribution < 1.29 is 0 Å². The van der Waals surface area contributed by atoms with Crippen LogP contribution in [-0.2, 0) is 0 Å². The molecule has 69 heavy (non-hydrogen) atoms. The summed E-state index contributed by atoms with van der Waals surface area (Å²) in [7, 11) is 48.9. The fourth-order valence-electron chi connectivity index (χ4n) is 10.4. The molecule has 2 aromatic heterocycles. The van der Waals surface area contributed by atoms with E-state index in [1.165, 1.54) is 11.1 Å². The first-order valence-electron chi connectivity index (χ1n) is 22.8. The Morgan fingerprint density at radius 3 is 1.32 bits per heavy atom. The normalized spacial score (nSPS) is 11.6. The molecule has 9 heteroatoms. The molecule has 12 aromatic rings. The molecule has 10 aromatic carbocycles. The van der Waals surface area contributed by atoms with E-state index in [1.807, 2.05) is 47.0 Å². The molecule has 0 aliphatic heterocycles. The van der Waals surface area contributed by atoms with Crippen molar-refractivity contribution in [3.05, 3.63) is 200 Å². The lowest BCUT2D eigenvalue weighted by molar-refractivity contribution is 1.18. The molecule has 0 aliphatic rings. The van der Waals surface area contributed by atoms with E-state index in [0.29, 0.717) is 43.8 Å². The van der Waals surface area contributed by atoms with E-state index < -0.39 is 0 Å². The van der Waals surface area contributed by atoms with E-state index in [9.17, 15) is 0 Å². The minimum Gasteiger partial charge on any atom is -0.311 e. The number of benzene rings is 10. The van der Waals surface area contributed by atoms with E-state index in [1.54, 1.807) is 0 Å². The SMILES string of the molecule is [B]c1c([B])c([B])c2c(c1[B])c1c([B])c(-c3ccc4c(c3)c3c(-c5ccccc5)cccc3n4-c3ccc(-c4cccc(-c5ccccc5)c4)cc3)c([B])c([B])c1n2-c1ccc(-c2ccccc2)cc1. The second-order valence-corrected chi connectivity index (χ2v) is 17.6. The molecular formula is C60H33B7N2. The van der Waals surface area contributed by atoms with Gasteiger partial charge in [0.15, 0.2) is 0 Å². The number of fused-ring (bicyclic) bond motifs is 6. The first-order valence-corrected chi connectivity index (χ1v) is 22.8. The van der Waals surface area contributed by atoms with Crippen LogP contribution < -0.4 is 38.2 Å². The largest absolute Gasteiger partial charge is 0.311 e. The lowest BCUT2D eigenvalue weighted by Crippen LogP contribution is -2.48. The van der Waals surface area contributed by atoms with Gasteiger partial charge >= 0.3 is 0 Å². The van der Waals surface area contributed by atoms with Gasteiger partial charge in [0.1, 0.15) is 54.9 Å². The Labute approximate surface area is 410 Å². The van der Waals surface area contributed by atoms with Gasteiger partial charge in [0.25, 0.3) is 0 Å². The lowest BCUT2D eigenvalue weighted by atomic mass is 9.64. The summed E-state index contributed by atoms with van der Waals surface area (Å²) < 4.78 is 4.27. The zero-order chi connectivity index (χ0) is 47.1. The van der Waals surface area contributed by atoms with Crippen molar-refractivity contribution in [3.63, 3.8) is 0 Å². The van der Waals surface area contributed by atoms with Crippen LogP contribution >= 0.6 is 0 Å². The molecular weight excluding hydrogens is 824 g/mol. The zero-order valence-electron chi connectivity index (χ0n) is 37.5. The Morgan fingerprint density at radius 2 is 0.710 bits per heavy atom. The summed E-state index contributed by atoms with van der Waals surface area (Å²) in [5.74, 6) is 0. The monoisotopic (exact) mass is 858 g/mol. The van der Waals surface area contributed by atoms with Crippen molar-refractivity contribution in [2.75, 3.05) is 0 Å². The Morgan fingerprint density at radius 1 is 0.261 bits per heavy atom. The zero-order valence-corrected chi connectivity index (χ0v) is 37.5. The molecule has 2 heterocycles. The maximum absolute atomic E-state index is 7.44. The Balaban J connectivity index is 1.07. The molecule has 0 fully saturated rings. The standard InChI is InChI=1S/C60H33B7N2/c61-52-48(53(62)57(66)59-50(52)51-54(63)55(64)56(65)58(67)60(51)69(59)43-29-22-36(23-30-43)34-12-4-1-5-13-34)41-26-31-46-45(33-41)49-44(38-16-8-3-9-17-38)20-11-21-47(49)68(46)42-27-24-37(25-28-42)40-19-10-18-39(32-40)35-14-6-2-7-15-35/h1-33H. The van der Waals surface area contributed by atoms with Crippen molar-refractivity contribution in [1.29, 1.82) is 0 Å². The predicted octanol–water partition coefficient (Wildman–Crippen LogP) is 7.77. The molecule has 0 unspecified atom stereocenters. The molecule has 0 bridgehead atoms. The summed E-state index contributed by atoms with van der Waals surface area (Å²) in [6.45, 7) is 0. The summed E-state index contributed by atoms with van der Waals surface area (Å²) in [5.41, 5.74) is 17.1. The lowest BCUT2D eigenvalue weighted by Gasteiger charge is -2.19. The smallest absolute Gasteiger partial charge is 0.115 e. The van der Waals surface area contributed by atoms with Gasteiger partial charge in [0, 0.05) is 38.6 Å². The van der Waals surface area contributed by atoms with Crippen molar-refractivity contribution >= 4 is 137 Å². The van der Waals surface area contributed by atoms with Gasteiger partial charge in [-0.1, -0.05) is 179 Å². The van der Waals surface area contributed by atoms with Gasteiger partial charge in [-0.25, -0.2) is 0 Å². The van der Waals surface area contributed by atoms with Crippen LogP contribution in [0.1, 0.15) is 0 Å². The minimum atomic E-state index is 0.172. The third-order valence-corrected chi connectivity index (χ3v) is 13.7. The van der Waals surface area contributed by atoms with E-state index in [-0.39, 0.29) is 21.9 Å². The maximum Gasteiger partial charge on any atom is 0.115 e.